The normalized spacial score (nSPS) is 12.3. The maximum atomic E-state index is 13.0. The number of aliphatic hydroxyl groups excluding tert-OH is 1. The van der Waals surface area contributed by atoms with Crippen molar-refractivity contribution >= 4 is 10.8 Å². The van der Waals surface area contributed by atoms with Gasteiger partial charge >= 0.3 is 0 Å². The molecule has 0 saturated heterocycles. The van der Waals surface area contributed by atoms with Crippen LogP contribution in [0.15, 0.2) is 60.7 Å². The minimum atomic E-state index is -0.404. The van der Waals surface area contributed by atoms with E-state index >= 15 is 0 Å². The zero-order chi connectivity index (χ0) is 17.6. The Hall–Kier alpha value is -2.43. The zero-order valence-electron chi connectivity index (χ0n) is 14.2. The van der Waals surface area contributed by atoms with Crippen molar-refractivity contribution < 1.29 is 14.2 Å². The molecule has 0 radical (unpaired) electrons. The van der Waals surface area contributed by atoms with E-state index < -0.39 is 6.10 Å². The van der Waals surface area contributed by atoms with Gasteiger partial charge in [0.1, 0.15) is 18.2 Å². The monoisotopic (exact) mass is 339 g/mol. The van der Waals surface area contributed by atoms with Crippen molar-refractivity contribution in [1.29, 1.82) is 0 Å². The Bertz CT molecular complexity index is 831. The highest BCUT2D eigenvalue weighted by Crippen LogP contribution is 2.28. The Balaban J connectivity index is 1.83. The molecule has 0 aliphatic heterocycles. The van der Waals surface area contributed by atoms with E-state index in [-0.39, 0.29) is 5.82 Å². The zero-order valence-corrected chi connectivity index (χ0v) is 14.2. The van der Waals surface area contributed by atoms with Crippen LogP contribution in [0, 0.1) is 5.82 Å². The molecule has 0 amide bonds. The average molecular weight is 339 g/mol. The second-order valence-electron chi connectivity index (χ2n) is 6.16. The first-order chi connectivity index (χ1) is 12.1. The van der Waals surface area contributed by atoms with Gasteiger partial charge in [0.15, 0.2) is 0 Å². The Kier molecular flexibility index (Phi) is 5.64. The molecule has 0 aliphatic carbocycles. The van der Waals surface area contributed by atoms with E-state index in [9.17, 15) is 9.50 Å². The van der Waals surface area contributed by atoms with Gasteiger partial charge in [-0.05, 0) is 41.5 Å². The largest absolute Gasteiger partial charge is 0.489 e. The highest BCUT2D eigenvalue weighted by Gasteiger charge is 2.09. The van der Waals surface area contributed by atoms with Gasteiger partial charge in [0.25, 0.3) is 0 Å². The quantitative estimate of drug-likeness (QED) is 0.683. The summed E-state index contributed by atoms with van der Waals surface area (Å²) in [6, 6.07) is 18.5. The van der Waals surface area contributed by atoms with Crippen LogP contribution in [0.3, 0.4) is 0 Å². The molecule has 4 heteroatoms. The van der Waals surface area contributed by atoms with Crippen LogP contribution >= 0.6 is 0 Å². The summed E-state index contributed by atoms with van der Waals surface area (Å²) < 4.78 is 19.0. The second kappa shape index (κ2) is 8.10. The standard InChI is InChI=1S/C21H22FNO2/c1-15(24)12-23-13-20-19-5-3-2-4-17(19)8-11-21(20)25-14-16-6-9-18(22)10-7-16/h2-11,15,23-24H,12-14H2,1H3. The Morgan fingerprint density at radius 2 is 1.80 bits per heavy atom. The van der Waals surface area contributed by atoms with Crippen molar-refractivity contribution in [1.82, 2.24) is 5.32 Å². The number of fused-ring (bicyclic) bond motifs is 1. The van der Waals surface area contributed by atoms with Crippen LogP contribution in [-0.4, -0.2) is 17.8 Å². The lowest BCUT2D eigenvalue weighted by atomic mass is 10.0. The molecule has 3 nitrogen and oxygen atoms in total. The lowest BCUT2D eigenvalue weighted by Crippen LogP contribution is -2.24. The van der Waals surface area contributed by atoms with Crippen molar-refractivity contribution in [3.63, 3.8) is 0 Å². The number of benzene rings is 3. The third-order valence-corrected chi connectivity index (χ3v) is 4.05. The number of hydrogen-bond donors (Lipinski definition) is 2. The van der Waals surface area contributed by atoms with E-state index in [1.807, 2.05) is 24.3 Å². The van der Waals surface area contributed by atoms with Gasteiger partial charge in [-0.25, -0.2) is 4.39 Å². The fraction of sp³-hybridized carbons (Fsp3) is 0.238. The van der Waals surface area contributed by atoms with Gasteiger partial charge < -0.3 is 15.2 Å². The van der Waals surface area contributed by atoms with Crippen LogP contribution in [0.2, 0.25) is 0 Å². The lowest BCUT2D eigenvalue weighted by Gasteiger charge is -2.16. The summed E-state index contributed by atoms with van der Waals surface area (Å²) >= 11 is 0. The molecule has 0 spiro atoms. The minimum absolute atomic E-state index is 0.252. The van der Waals surface area contributed by atoms with Crippen LogP contribution in [-0.2, 0) is 13.2 Å². The Morgan fingerprint density at radius 1 is 1.04 bits per heavy atom. The van der Waals surface area contributed by atoms with Gasteiger partial charge in [-0.15, -0.1) is 0 Å². The van der Waals surface area contributed by atoms with Crippen LogP contribution in [0.4, 0.5) is 4.39 Å². The molecular weight excluding hydrogens is 317 g/mol. The predicted octanol–water partition coefficient (Wildman–Crippen LogP) is 4.03. The van der Waals surface area contributed by atoms with E-state index in [4.69, 9.17) is 4.74 Å². The fourth-order valence-corrected chi connectivity index (χ4v) is 2.78. The molecule has 0 saturated carbocycles. The maximum absolute atomic E-state index is 13.0. The highest BCUT2D eigenvalue weighted by molar-refractivity contribution is 5.87. The fourth-order valence-electron chi connectivity index (χ4n) is 2.78. The SMILES string of the molecule is CC(O)CNCc1c(OCc2ccc(F)cc2)ccc2ccccc12. The molecule has 0 aromatic heterocycles. The second-order valence-corrected chi connectivity index (χ2v) is 6.16. The number of nitrogens with one attached hydrogen (secondary N) is 1. The Morgan fingerprint density at radius 3 is 2.56 bits per heavy atom. The van der Waals surface area contributed by atoms with Crippen molar-refractivity contribution in [3.8, 4) is 5.75 Å². The number of rotatable bonds is 7. The van der Waals surface area contributed by atoms with Crippen molar-refractivity contribution in [2.24, 2.45) is 0 Å². The lowest BCUT2D eigenvalue weighted by molar-refractivity contribution is 0.190. The summed E-state index contributed by atoms with van der Waals surface area (Å²) in [5.41, 5.74) is 1.97. The highest BCUT2D eigenvalue weighted by atomic mass is 19.1. The first-order valence-corrected chi connectivity index (χ1v) is 8.40. The first-order valence-electron chi connectivity index (χ1n) is 8.40. The molecule has 1 unspecified atom stereocenters. The molecule has 1 atom stereocenters. The predicted molar refractivity (Wildman–Crippen MR) is 98.1 cm³/mol. The van der Waals surface area contributed by atoms with Crippen LogP contribution in [0.1, 0.15) is 18.1 Å². The molecule has 2 N–H and O–H groups in total. The van der Waals surface area contributed by atoms with Gasteiger partial charge in [0.2, 0.25) is 0 Å². The van der Waals surface area contributed by atoms with E-state index in [0.29, 0.717) is 19.7 Å². The topological polar surface area (TPSA) is 41.5 Å². The molecule has 0 fully saturated rings. The summed E-state index contributed by atoms with van der Waals surface area (Å²) in [5.74, 6) is 0.540. The molecule has 0 bridgehead atoms. The van der Waals surface area contributed by atoms with Gasteiger partial charge in [-0.3, -0.25) is 0 Å². The third kappa shape index (κ3) is 4.56. The number of halogens is 1. The molecular formula is C21H22FNO2. The average Bonchev–Trinajstić information content (AvgIpc) is 2.62. The summed E-state index contributed by atoms with van der Waals surface area (Å²) in [5, 5.41) is 15.0. The van der Waals surface area contributed by atoms with Crippen LogP contribution in [0.25, 0.3) is 10.8 Å². The smallest absolute Gasteiger partial charge is 0.124 e. The summed E-state index contributed by atoms with van der Waals surface area (Å²) in [6.07, 6.45) is -0.404. The van der Waals surface area contributed by atoms with Crippen molar-refractivity contribution in [2.75, 3.05) is 6.54 Å². The van der Waals surface area contributed by atoms with E-state index in [1.165, 1.54) is 12.1 Å². The number of aliphatic hydroxyl groups is 1. The minimum Gasteiger partial charge on any atom is -0.489 e. The van der Waals surface area contributed by atoms with E-state index in [2.05, 4.69) is 17.4 Å². The molecule has 25 heavy (non-hydrogen) atoms. The Labute approximate surface area is 147 Å². The summed E-state index contributed by atoms with van der Waals surface area (Å²) in [4.78, 5) is 0. The van der Waals surface area contributed by atoms with Gasteiger partial charge in [-0.1, -0.05) is 42.5 Å². The number of hydrogen-bond acceptors (Lipinski definition) is 3. The first kappa shape index (κ1) is 17.4. The molecule has 130 valence electrons. The molecule has 3 rings (SSSR count). The van der Waals surface area contributed by atoms with Gasteiger partial charge in [0, 0.05) is 18.7 Å². The molecule has 0 heterocycles. The van der Waals surface area contributed by atoms with Gasteiger partial charge in [0.05, 0.1) is 6.10 Å². The van der Waals surface area contributed by atoms with Crippen molar-refractivity contribution in [2.45, 2.75) is 26.2 Å². The molecule has 3 aromatic carbocycles. The molecule has 3 aromatic rings. The van der Waals surface area contributed by atoms with Gasteiger partial charge in [-0.2, -0.15) is 0 Å². The third-order valence-electron chi connectivity index (χ3n) is 4.05. The molecule has 0 aliphatic rings. The summed E-state index contributed by atoms with van der Waals surface area (Å²) in [6.45, 7) is 3.25. The number of ether oxygens (including phenoxy) is 1. The van der Waals surface area contributed by atoms with Crippen LogP contribution < -0.4 is 10.1 Å². The van der Waals surface area contributed by atoms with Crippen molar-refractivity contribution in [3.05, 3.63) is 77.6 Å². The van der Waals surface area contributed by atoms with Crippen LogP contribution in [0.5, 0.6) is 5.75 Å². The maximum Gasteiger partial charge on any atom is 0.124 e. The van der Waals surface area contributed by atoms with E-state index in [1.54, 1.807) is 19.1 Å². The summed E-state index contributed by atoms with van der Waals surface area (Å²) in [7, 11) is 0. The van der Waals surface area contributed by atoms with E-state index in [0.717, 1.165) is 27.6 Å².